The molecule has 0 aliphatic rings. The summed E-state index contributed by atoms with van der Waals surface area (Å²) in [5.41, 5.74) is 0. The molecule has 0 aromatic rings. The highest BCUT2D eigenvalue weighted by Crippen LogP contribution is 2.18. The third kappa shape index (κ3) is 52.0. The van der Waals surface area contributed by atoms with Crippen molar-refractivity contribution in [3.8, 4) is 0 Å². The number of nitrogens with one attached hydrogen (secondary N) is 1. The number of carbonyl (C=O) groups excluding carboxylic acids is 1. The van der Waals surface area contributed by atoms with Gasteiger partial charge in [-0.25, -0.2) is 0 Å². The maximum Gasteiger partial charge on any atom is 0.220 e. The second-order valence-corrected chi connectivity index (χ2v) is 20.4. The second-order valence-electron chi connectivity index (χ2n) is 20.4. The zero-order valence-electron chi connectivity index (χ0n) is 43.4. The van der Waals surface area contributed by atoms with Crippen molar-refractivity contribution < 1.29 is 15.0 Å². The lowest BCUT2D eigenvalue weighted by molar-refractivity contribution is -0.123. The molecule has 0 aliphatic carbocycles. The summed E-state index contributed by atoms with van der Waals surface area (Å²) in [6, 6.07) is -0.618. The van der Waals surface area contributed by atoms with Crippen LogP contribution in [0.5, 0.6) is 0 Å². The number of amides is 1. The fourth-order valence-corrected chi connectivity index (χ4v) is 9.54. The summed E-state index contributed by atoms with van der Waals surface area (Å²) >= 11 is 0. The molecule has 0 heterocycles. The number of unbranched alkanes of at least 4 members (excludes halogenated alkanes) is 48. The number of rotatable bonds is 55. The van der Waals surface area contributed by atoms with Crippen molar-refractivity contribution in [2.24, 2.45) is 0 Å². The molecule has 0 rings (SSSR count). The Morgan fingerprint density at radius 1 is 0.365 bits per heavy atom. The maximum absolute atomic E-state index is 12.5. The van der Waals surface area contributed by atoms with Gasteiger partial charge in [-0.1, -0.05) is 328 Å². The van der Waals surface area contributed by atoms with Crippen LogP contribution in [-0.4, -0.2) is 34.9 Å². The van der Waals surface area contributed by atoms with Crippen LogP contribution in [0.2, 0.25) is 0 Å². The number of allylic oxidation sites excluding steroid dienone is 1. The molecule has 0 fully saturated rings. The van der Waals surface area contributed by atoms with E-state index in [0.29, 0.717) is 6.42 Å². The van der Waals surface area contributed by atoms with E-state index in [9.17, 15) is 15.0 Å². The SMILES string of the molecule is CCCCCCCCCCCCCCCCCCCCCCCCC/C=C/C(O)C(CO)NC(=O)CCCCCCCCCCCCCCCCCCCCCCCCCCCC. The second kappa shape index (κ2) is 55.5. The lowest BCUT2D eigenvalue weighted by Crippen LogP contribution is -2.45. The predicted molar refractivity (Wildman–Crippen MR) is 281 cm³/mol. The van der Waals surface area contributed by atoms with E-state index in [1.807, 2.05) is 6.08 Å². The van der Waals surface area contributed by atoms with Crippen LogP contribution in [0, 0.1) is 0 Å². The molecule has 376 valence electrons. The Balaban J connectivity index is 3.44. The average molecular weight is 889 g/mol. The van der Waals surface area contributed by atoms with E-state index in [2.05, 4.69) is 19.2 Å². The standard InChI is InChI=1S/C59H117NO3/c1-3-5-7-9-11-13-15-17-19-21-23-25-27-29-31-33-35-37-39-41-43-45-47-49-51-53-55-59(63)60-57(56-61)58(62)54-52-50-48-46-44-42-40-38-36-34-32-30-28-26-24-22-20-18-16-14-12-10-8-6-4-2/h52,54,57-58,61-62H,3-51,53,55-56H2,1-2H3,(H,60,63)/b54-52+. The summed E-state index contributed by atoms with van der Waals surface area (Å²) in [7, 11) is 0. The Bertz CT molecular complexity index is 875. The lowest BCUT2D eigenvalue weighted by atomic mass is 10.0. The van der Waals surface area contributed by atoms with Gasteiger partial charge in [-0.05, 0) is 19.3 Å². The van der Waals surface area contributed by atoms with E-state index >= 15 is 0 Å². The fraction of sp³-hybridized carbons (Fsp3) is 0.949. The van der Waals surface area contributed by atoms with Crippen LogP contribution in [0.15, 0.2) is 12.2 Å². The first-order valence-electron chi connectivity index (χ1n) is 29.4. The van der Waals surface area contributed by atoms with Gasteiger partial charge in [0.2, 0.25) is 5.91 Å². The zero-order chi connectivity index (χ0) is 45.6. The topological polar surface area (TPSA) is 69.6 Å². The average Bonchev–Trinajstić information content (AvgIpc) is 3.29. The first kappa shape index (κ1) is 62.1. The van der Waals surface area contributed by atoms with Crippen molar-refractivity contribution in [2.45, 2.75) is 353 Å². The summed E-state index contributed by atoms with van der Waals surface area (Å²) in [4.78, 5) is 12.5. The largest absolute Gasteiger partial charge is 0.394 e. The summed E-state index contributed by atoms with van der Waals surface area (Å²) in [6.07, 6.45) is 72.5. The van der Waals surface area contributed by atoms with Gasteiger partial charge in [-0.2, -0.15) is 0 Å². The smallest absolute Gasteiger partial charge is 0.220 e. The van der Waals surface area contributed by atoms with Gasteiger partial charge < -0.3 is 15.5 Å². The van der Waals surface area contributed by atoms with Crippen LogP contribution in [0.3, 0.4) is 0 Å². The van der Waals surface area contributed by atoms with Crippen molar-refractivity contribution in [3.63, 3.8) is 0 Å². The highest BCUT2D eigenvalue weighted by atomic mass is 16.3. The van der Waals surface area contributed by atoms with Crippen molar-refractivity contribution in [2.75, 3.05) is 6.61 Å². The molecule has 2 unspecified atom stereocenters. The molecule has 63 heavy (non-hydrogen) atoms. The van der Waals surface area contributed by atoms with Gasteiger partial charge in [0.15, 0.2) is 0 Å². The minimum absolute atomic E-state index is 0.0549. The Labute approximate surface area is 397 Å². The Morgan fingerprint density at radius 3 is 0.825 bits per heavy atom. The molecule has 4 heteroatoms. The van der Waals surface area contributed by atoms with E-state index in [0.717, 1.165) is 25.7 Å². The summed E-state index contributed by atoms with van der Waals surface area (Å²) in [5.74, 6) is -0.0549. The Kier molecular flexibility index (Phi) is 54.7. The molecule has 0 saturated carbocycles. The van der Waals surface area contributed by atoms with Gasteiger partial charge in [0, 0.05) is 6.42 Å². The van der Waals surface area contributed by atoms with Gasteiger partial charge in [0.25, 0.3) is 0 Å². The van der Waals surface area contributed by atoms with Crippen LogP contribution < -0.4 is 5.32 Å². The minimum atomic E-state index is -0.836. The highest BCUT2D eigenvalue weighted by Gasteiger charge is 2.18. The van der Waals surface area contributed by atoms with Crippen molar-refractivity contribution in [1.29, 1.82) is 0 Å². The molecule has 0 aromatic heterocycles. The van der Waals surface area contributed by atoms with Crippen molar-refractivity contribution in [1.82, 2.24) is 5.32 Å². The molecule has 0 saturated heterocycles. The molecule has 1 amide bonds. The van der Waals surface area contributed by atoms with Crippen molar-refractivity contribution in [3.05, 3.63) is 12.2 Å². The zero-order valence-corrected chi connectivity index (χ0v) is 43.4. The molecular weight excluding hydrogens is 771 g/mol. The third-order valence-electron chi connectivity index (χ3n) is 14.0. The first-order chi connectivity index (χ1) is 31.2. The van der Waals surface area contributed by atoms with Gasteiger partial charge in [-0.3, -0.25) is 4.79 Å². The molecule has 0 aliphatic heterocycles. The van der Waals surface area contributed by atoms with Crippen molar-refractivity contribution >= 4 is 5.91 Å². The molecule has 0 radical (unpaired) electrons. The molecule has 3 N–H and O–H groups in total. The highest BCUT2D eigenvalue weighted by molar-refractivity contribution is 5.76. The minimum Gasteiger partial charge on any atom is -0.394 e. The molecule has 0 spiro atoms. The quantitative estimate of drug-likeness (QED) is 0.0421. The van der Waals surface area contributed by atoms with Gasteiger partial charge in [-0.15, -0.1) is 0 Å². The van der Waals surface area contributed by atoms with Gasteiger partial charge in [0.05, 0.1) is 18.8 Å². The van der Waals surface area contributed by atoms with Crippen LogP contribution in [0.1, 0.15) is 341 Å². The number of hydrogen-bond donors (Lipinski definition) is 3. The predicted octanol–water partition coefficient (Wildman–Crippen LogP) is 19.3. The Morgan fingerprint density at radius 2 is 0.587 bits per heavy atom. The number of hydrogen-bond acceptors (Lipinski definition) is 3. The fourth-order valence-electron chi connectivity index (χ4n) is 9.54. The van der Waals surface area contributed by atoms with Crippen LogP contribution in [0.25, 0.3) is 0 Å². The monoisotopic (exact) mass is 888 g/mol. The summed E-state index contributed by atoms with van der Waals surface area (Å²) < 4.78 is 0. The maximum atomic E-state index is 12.5. The van der Waals surface area contributed by atoms with Crippen LogP contribution >= 0.6 is 0 Å². The van der Waals surface area contributed by atoms with E-state index in [-0.39, 0.29) is 12.5 Å². The van der Waals surface area contributed by atoms with Gasteiger partial charge in [0.1, 0.15) is 0 Å². The molecule has 0 bridgehead atoms. The normalized spacial score (nSPS) is 12.8. The lowest BCUT2D eigenvalue weighted by Gasteiger charge is -2.20. The van der Waals surface area contributed by atoms with E-state index in [1.165, 1.54) is 295 Å². The molecule has 4 nitrogen and oxygen atoms in total. The number of aliphatic hydroxyl groups excluding tert-OH is 2. The van der Waals surface area contributed by atoms with Crippen LogP contribution in [-0.2, 0) is 4.79 Å². The summed E-state index contributed by atoms with van der Waals surface area (Å²) in [5, 5.41) is 23.2. The number of carbonyl (C=O) groups is 1. The van der Waals surface area contributed by atoms with Crippen LogP contribution in [0.4, 0.5) is 0 Å². The van der Waals surface area contributed by atoms with E-state index in [1.54, 1.807) is 6.08 Å². The molecule has 2 atom stereocenters. The summed E-state index contributed by atoms with van der Waals surface area (Å²) in [6.45, 7) is 4.36. The van der Waals surface area contributed by atoms with E-state index < -0.39 is 12.1 Å². The van der Waals surface area contributed by atoms with Gasteiger partial charge >= 0.3 is 0 Å². The number of aliphatic hydroxyl groups is 2. The Hall–Kier alpha value is -0.870. The first-order valence-corrected chi connectivity index (χ1v) is 29.4. The molecule has 0 aromatic carbocycles. The third-order valence-corrected chi connectivity index (χ3v) is 14.0. The van der Waals surface area contributed by atoms with E-state index in [4.69, 9.17) is 0 Å². The molecular formula is C59H117NO3.